The van der Waals surface area contributed by atoms with Gasteiger partial charge in [0, 0.05) is 24.5 Å². The van der Waals surface area contributed by atoms with E-state index in [2.05, 4.69) is 10.3 Å². The minimum absolute atomic E-state index is 0.0137. The Hall–Kier alpha value is -3.19. The number of carbonyl (C=O) groups is 2. The highest BCUT2D eigenvalue weighted by molar-refractivity contribution is 8.15. The lowest BCUT2D eigenvalue weighted by Crippen LogP contribution is -2.30. The monoisotopic (exact) mass is 407 g/mol. The standard InChI is InChI=1S/C22H18FN3O2S/c1-26-21(28)19(13-20(27)24-16-11-9-15(23)10-12-16)29-22(26)25-18-8-4-6-14-5-2-3-7-17(14)18/h2-12,19H,13H2,1H3,(H,24,27)/t19-/m0/s1. The van der Waals surface area contributed by atoms with Crippen molar-refractivity contribution in [2.45, 2.75) is 11.7 Å². The fourth-order valence-corrected chi connectivity index (χ4v) is 4.27. The zero-order valence-corrected chi connectivity index (χ0v) is 16.4. The SMILES string of the molecule is CN1C(=O)[C@H](CC(=O)Nc2ccc(F)cc2)SC1=Nc1cccc2ccccc12. The molecule has 1 saturated heterocycles. The van der Waals surface area contributed by atoms with Crippen LogP contribution in [0.1, 0.15) is 6.42 Å². The van der Waals surface area contributed by atoms with Gasteiger partial charge in [-0.3, -0.25) is 14.5 Å². The number of fused-ring (bicyclic) bond motifs is 1. The normalized spacial score (nSPS) is 17.9. The third kappa shape index (κ3) is 4.14. The smallest absolute Gasteiger partial charge is 0.242 e. The number of rotatable bonds is 4. The molecule has 146 valence electrons. The van der Waals surface area contributed by atoms with E-state index >= 15 is 0 Å². The Labute approximate surface area is 171 Å². The fourth-order valence-electron chi connectivity index (χ4n) is 3.12. The summed E-state index contributed by atoms with van der Waals surface area (Å²) in [5, 5.41) is 4.78. The van der Waals surface area contributed by atoms with Gasteiger partial charge in [0.15, 0.2) is 5.17 Å². The number of amidine groups is 1. The number of anilines is 1. The summed E-state index contributed by atoms with van der Waals surface area (Å²) < 4.78 is 13.0. The highest BCUT2D eigenvalue weighted by Crippen LogP contribution is 2.33. The largest absolute Gasteiger partial charge is 0.326 e. The summed E-state index contributed by atoms with van der Waals surface area (Å²) in [6.45, 7) is 0. The van der Waals surface area contributed by atoms with E-state index in [0.29, 0.717) is 10.9 Å². The first-order valence-electron chi connectivity index (χ1n) is 9.07. The van der Waals surface area contributed by atoms with Crippen LogP contribution in [0.25, 0.3) is 10.8 Å². The van der Waals surface area contributed by atoms with E-state index in [-0.39, 0.29) is 24.1 Å². The van der Waals surface area contributed by atoms with Crippen molar-refractivity contribution in [2.24, 2.45) is 4.99 Å². The second-order valence-corrected chi connectivity index (χ2v) is 7.83. The first kappa shape index (κ1) is 19.1. The van der Waals surface area contributed by atoms with Gasteiger partial charge in [0.05, 0.1) is 5.69 Å². The van der Waals surface area contributed by atoms with Gasteiger partial charge in [-0.15, -0.1) is 0 Å². The summed E-state index contributed by atoms with van der Waals surface area (Å²) in [5.74, 6) is -0.842. The van der Waals surface area contributed by atoms with Crippen molar-refractivity contribution in [3.05, 3.63) is 72.5 Å². The van der Waals surface area contributed by atoms with Crippen molar-refractivity contribution in [2.75, 3.05) is 12.4 Å². The Kier molecular flexibility index (Phi) is 5.31. The van der Waals surface area contributed by atoms with Crippen LogP contribution in [0.2, 0.25) is 0 Å². The average molecular weight is 407 g/mol. The number of benzene rings is 3. The Bertz CT molecular complexity index is 1110. The van der Waals surface area contributed by atoms with E-state index in [1.807, 2.05) is 42.5 Å². The van der Waals surface area contributed by atoms with Crippen LogP contribution in [0.5, 0.6) is 0 Å². The predicted octanol–water partition coefficient (Wildman–Crippen LogP) is 4.57. The summed E-state index contributed by atoms with van der Waals surface area (Å²) in [7, 11) is 1.66. The van der Waals surface area contributed by atoms with Crippen LogP contribution in [0.3, 0.4) is 0 Å². The minimum atomic E-state index is -0.547. The predicted molar refractivity (Wildman–Crippen MR) is 115 cm³/mol. The molecule has 0 bridgehead atoms. The molecule has 1 heterocycles. The van der Waals surface area contributed by atoms with Crippen molar-refractivity contribution in [1.29, 1.82) is 0 Å². The van der Waals surface area contributed by atoms with Gasteiger partial charge in [-0.1, -0.05) is 48.2 Å². The number of carbonyl (C=O) groups excluding carboxylic acids is 2. The van der Waals surface area contributed by atoms with Crippen molar-refractivity contribution < 1.29 is 14.0 Å². The molecule has 4 rings (SSSR count). The third-order valence-electron chi connectivity index (χ3n) is 4.62. The van der Waals surface area contributed by atoms with Crippen molar-refractivity contribution in [3.8, 4) is 0 Å². The van der Waals surface area contributed by atoms with Gasteiger partial charge in [0.1, 0.15) is 11.1 Å². The number of nitrogens with one attached hydrogen (secondary N) is 1. The topological polar surface area (TPSA) is 61.8 Å². The molecule has 0 unspecified atom stereocenters. The number of amides is 2. The lowest BCUT2D eigenvalue weighted by atomic mass is 10.1. The highest BCUT2D eigenvalue weighted by atomic mass is 32.2. The molecule has 0 radical (unpaired) electrons. The minimum Gasteiger partial charge on any atom is -0.326 e. The number of hydrogen-bond acceptors (Lipinski definition) is 4. The summed E-state index contributed by atoms with van der Waals surface area (Å²) in [5.41, 5.74) is 1.27. The second kappa shape index (κ2) is 8.05. The molecule has 0 aliphatic carbocycles. The van der Waals surface area contributed by atoms with Gasteiger partial charge in [0.2, 0.25) is 11.8 Å². The number of hydrogen-bond donors (Lipinski definition) is 1. The summed E-state index contributed by atoms with van der Waals surface area (Å²) in [6.07, 6.45) is 0.0137. The number of halogens is 1. The zero-order chi connectivity index (χ0) is 20.4. The maximum atomic E-state index is 13.0. The van der Waals surface area contributed by atoms with Gasteiger partial charge in [-0.25, -0.2) is 9.38 Å². The van der Waals surface area contributed by atoms with Crippen LogP contribution < -0.4 is 5.32 Å². The highest BCUT2D eigenvalue weighted by Gasteiger charge is 2.37. The molecule has 7 heteroatoms. The van der Waals surface area contributed by atoms with Crippen LogP contribution in [0.4, 0.5) is 15.8 Å². The van der Waals surface area contributed by atoms with E-state index in [4.69, 9.17) is 0 Å². The van der Waals surface area contributed by atoms with E-state index in [9.17, 15) is 14.0 Å². The molecule has 0 saturated carbocycles. The van der Waals surface area contributed by atoms with Crippen LogP contribution in [-0.4, -0.2) is 34.2 Å². The van der Waals surface area contributed by atoms with E-state index in [1.54, 1.807) is 7.05 Å². The molecule has 1 aliphatic rings. The lowest BCUT2D eigenvalue weighted by molar-refractivity contribution is -0.127. The molecule has 0 spiro atoms. The molecule has 1 aliphatic heterocycles. The molecule has 3 aromatic carbocycles. The van der Waals surface area contributed by atoms with Crippen molar-refractivity contribution in [3.63, 3.8) is 0 Å². The second-order valence-electron chi connectivity index (χ2n) is 6.66. The first-order valence-corrected chi connectivity index (χ1v) is 9.95. The Morgan fingerprint density at radius 2 is 1.83 bits per heavy atom. The molecular weight excluding hydrogens is 389 g/mol. The molecule has 2 amide bonds. The first-order chi connectivity index (χ1) is 14.0. The van der Waals surface area contributed by atoms with Crippen LogP contribution in [0, 0.1) is 5.82 Å². The zero-order valence-electron chi connectivity index (χ0n) is 15.6. The molecule has 29 heavy (non-hydrogen) atoms. The Balaban J connectivity index is 1.50. The van der Waals surface area contributed by atoms with Gasteiger partial charge in [-0.2, -0.15) is 0 Å². The van der Waals surface area contributed by atoms with Crippen LogP contribution in [-0.2, 0) is 9.59 Å². The van der Waals surface area contributed by atoms with Gasteiger partial charge in [-0.05, 0) is 35.7 Å². The molecular formula is C22H18FN3O2S. The molecule has 1 N–H and O–H groups in total. The fraction of sp³-hybridized carbons (Fsp3) is 0.136. The molecule has 1 atom stereocenters. The van der Waals surface area contributed by atoms with E-state index in [0.717, 1.165) is 16.5 Å². The number of aliphatic imine (C=N–C) groups is 1. The van der Waals surface area contributed by atoms with Crippen molar-refractivity contribution in [1.82, 2.24) is 4.90 Å². The summed E-state index contributed by atoms with van der Waals surface area (Å²) in [6, 6.07) is 19.3. The summed E-state index contributed by atoms with van der Waals surface area (Å²) >= 11 is 1.28. The number of nitrogens with zero attached hydrogens (tertiary/aromatic N) is 2. The average Bonchev–Trinajstić information content (AvgIpc) is 2.98. The number of thioether (sulfide) groups is 1. The van der Waals surface area contributed by atoms with Gasteiger partial charge >= 0.3 is 0 Å². The maximum Gasteiger partial charge on any atom is 0.242 e. The Morgan fingerprint density at radius 3 is 2.62 bits per heavy atom. The maximum absolute atomic E-state index is 13.0. The van der Waals surface area contributed by atoms with Gasteiger partial charge < -0.3 is 5.32 Å². The van der Waals surface area contributed by atoms with Crippen molar-refractivity contribution >= 4 is 50.9 Å². The van der Waals surface area contributed by atoms with Crippen LogP contribution >= 0.6 is 11.8 Å². The molecule has 1 fully saturated rings. The van der Waals surface area contributed by atoms with Crippen LogP contribution in [0.15, 0.2) is 71.7 Å². The molecule has 0 aromatic heterocycles. The van der Waals surface area contributed by atoms with E-state index in [1.165, 1.54) is 40.9 Å². The molecule has 3 aromatic rings. The quantitative estimate of drug-likeness (QED) is 0.689. The third-order valence-corrected chi connectivity index (χ3v) is 5.85. The van der Waals surface area contributed by atoms with Gasteiger partial charge in [0.25, 0.3) is 0 Å². The van der Waals surface area contributed by atoms with E-state index < -0.39 is 5.25 Å². The Morgan fingerprint density at radius 1 is 1.10 bits per heavy atom. The lowest BCUT2D eigenvalue weighted by Gasteiger charge is -2.10. The summed E-state index contributed by atoms with van der Waals surface area (Å²) in [4.78, 5) is 31.1. The molecule has 5 nitrogen and oxygen atoms in total.